The van der Waals surface area contributed by atoms with Crippen LogP contribution < -0.4 is 5.32 Å². The number of rotatable bonds is 3. The van der Waals surface area contributed by atoms with E-state index in [0.717, 1.165) is 56.5 Å². The van der Waals surface area contributed by atoms with Gasteiger partial charge in [-0.3, -0.25) is 9.69 Å². The van der Waals surface area contributed by atoms with E-state index < -0.39 is 0 Å². The number of aromatic nitrogens is 1. The summed E-state index contributed by atoms with van der Waals surface area (Å²) in [6, 6.07) is 2.63. The minimum Gasteiger partial charge on any atom is -0.361 e. The smallest absolute Gasteiger partial charge is 0.239 e. The number of nitrogens with zero attached hydrogens (tertiary/aromatic N) is 3. The molecule has 1 amide bonds. The molecule has 132 valence electrons. The molecular formula is C18H28N4O2. The zero-order chi connectivity index (χ0) is 16.5. The highest BCUT2D eigenvalue weighted by Gasteiger charge is 2.40. The van der Waals surface area contributed by atoms with Gasteiger partial charge in [0.25, 0.3) is 0 Å². The van der Waals surface area contributed by atoms with Crippen LogP contribution >= 0.6 is 0 Å². The van der Waals surface area contributed by atoms with Gasteiger partial charge < -0.3 is 14.7 Å². The summed E-state index contributed by atoms with van der Waals surface area (Å²) in [7, 11) is 0. The van der Waals surface area contributed by atoms with Crippen molar-refractivity contribution >= 4 is 5.91 Å². The van der Waals surface area contributed by atoms with Crippen LogP contribution in [0.25, 0.3) is 0 Å². The van der Waals surface area contributed by atoms with E-state index in [-0.39, 0.29) is 6.04 Å². The lowest BCUT2D eigenvalue weighted by Gasteiger charge is -2.35. The molecular weight excluding hydrogens is 304 g/mol. The Morgan fingerprint density at radius 1 is 1.29 bits per heavy atom. The van der Waals surface area contributed by atoms with Crippen LogP contribution in [-0.2, 0) is 11.3 Å². The highest BCUT2D eigenvalue weighted by molar-refractivity contribution is 5.82. The maximum Gasteiger partial charge on any atom is 0.239 e. The first-order valence-corrected chi connectivity index (χ1v) is 9.38. The molecule has 0 spiro atoms. The van der Waals surface area contributed by atoms with Gasteiger partial charge in [0, 0.05) is 44.8 Å². The first kappa shape index (κ1) is 16.1. The average Bonchev–Trinajstić information content (AvgIpc) is 3.21. The second kappa shape index (κ2) is 6.84. The Labute approximate surface area is 143 Å². The number of nitrogens with one attached hydrogen (secondary N) is 1. The second-order valence-electron chi connectivity index (χ2n) is 7.64. The third kappa shape index (κ3) is 3.35. The third-order valence-electron chi connectivity index (χ3n) is 5.91. The molecule has 0 aromatic carbocycles. The summed E-state index contributed by atoms with van der Waals surface area (Å²) in [4.78, 5) is 17.2. The zero-order valence-electron chi connectivity index (χ0n) is 14.5. The number of fused-ring (bicyclic) bond motifs is 1. The Hall–Kier alpha value is -1.40. The fourth-order valence-electron chi connectivity index (χ4n) is 4.58. The molecule has 2 saturated heterocycles. The van der Waals surface area contributed by atoms with E-state index >= 15 is 0 Å². The Kier molecular flexibility index (Phi) is 4.59. The predicted octanol–water partition coefficient (Wildman–Crippen LogP) is 1.55. The number of carbonyl (C=O) groups excluding carboxylic acids is 1. The van der Waals surface area contributed by atoms with Crippen molar-refractivity contribution in [2.45, 2.75) is 57.7 Å². The molecule has 6 heteroatoms. The van der Waals surface area contributed by atoms with Crippen molar-refractivity contribution in [3.8, 4) is 0 Å². The van der Waals surface area contributed by atoms with Crippen molar-refractivity contribution in [3.63, 3.8) is 0 Å². The summed E-state index contributed by atoms with van der Waals surface area (Å²) in [6.07, 6.45) is 6.24. The first-order chi connectivity index (χ1) is 11.7. The molecule has 1 aliphatic carbocycles. The second-order valence-corrected chi connectivity index (χ2v) is 7.64. The minimum atomic E-state index is 0.0582. The summed E-state index contributed by atoms with van der Waals surface area (Å²) in [5.74, 6) is 1.90. The maximum atomic E-state index is 12.8. The van der Waals surface area contributed by atoms with Crippen LogP contribution in [0.4, 0.5) is 0 Å². The molecule has 3 heterocycles. The van der Waals surface area contributed by atoms with Crippen LogP contribution in [0.15, 0.2) is 10.6 Å². The molecule has 3 unspecified atom stereocenters. The average molecular weight is 332 g/mol. The Morgan fingerprint density at radius 3 is 2.79 bits per heavy atom. The van der Waals surface area contributed by atoms with Gasteiger partial charge in [-0.15, -0.1) is 0 Å². The lowest BCUT2D eigenvalue weighted by molar-refractivity contribution is -0.135. The molecule has 3 aliphatic rings. The number of aryl methyl sites for hydroxylation is 1. The molecule has 24 heavy (non-hydrogen) atoms. The van der Waals surface area contributed by atoms with Crippen molar-refractivity contribution in [3.05, 3.63) is 17.5 Å². The summed E-state index contributed by atoms with van der Waals surface area (Å²) >= 11 is 0. The Morgan fingerprint density at radius 2 is 2.08 bits per heavy atom. The van der Waals surface area contributed by atoms with Gasteiger partial charge in [0.05, 0.1) is 11.7 Å². The van der Waals surface area contributed by atoms with Gasteiger partial charge >= 0.3 is 0 Å². The van der Waals surface area contributed by atoms with Crippen molar-refractivity contribution in [1.29, 1.82) is 0 Å². The highest BCUT2D eigenvalue weighted by Crippen LogP contribution is 2.33. The number of hydrogen-bond donors (Lipinski definition) is 1. The highest BCUT2D eigenvalue weighted by atomic mass is 16.5. The van der Waals surface area contributed by atoms with E-state index in [2.05, 4.69) is 20.3 Å². The van der Waals surface area contributed by atoms with Crippen molar-refractivity contribution in [2.24, 2.45) is 5.92 Å². The van der Waals surface area contributed by atoms with E-state index in [1.54, 1.807) is 0 Å². The van der Waals surface area contributed by atoms with Crippen molar-refractivity contribution in [1.82, 2.24) is 20.3 Å². The molecule has 3 fully saturated rings. The van der Waals surface area contributed by atoms with Gasteiger partial charge in [0.1, 0.15) is 5.76 Å². The van der Waals surface area contributed by atoms with Crippen LogP contribution in [0.2, 0.25) is 0 Å². The van der Waals surface area contributed by atoms with E-state index in [4.69, 9.17) is 4.52 Å². The largest absolute Gasteiger partial charge is 0.361 e. The molecule has 0 radical (unpaired) electrons. The van der Waals surface area contributed by atoms with Crippen LogP contribution in [-0.4, -0.2) is 59.1 Å². The summed E-state index contributed by atoms with van der Waals surface area (Å²) in [5, 5.41) is 7.68. The van der Waals surface area contributed by atoms with Gasteiger partial charge in [-0.25, -0.2) is 0 Å². The quantitative estimate of drug-likeness (QED) is 0.910. The molecule has 3 atom stereocenters. The SMILES string of the molecule is Cc1cc(CN2CCN(C(=O)C3CC4CCCCC4N3)CC2)no1. The molecule has 0 bridgehead atoms. The van der Waals surface area contributed by atoms with E-state index in [0.29, 0.717) is 11.9 Å². The fourth-order valence-corrected chi connectivity index (χ4v) is 4.58. The van der Waals surface area contributed by atoms with Gasteiger partial charge in [0.15, 0.2) is 0 Å². The van der Waals surface area contributed by atoms with Crippen molar-refractivity contribution < 1.29 is 9.32 Å². The molecule has 4 rings (SSSR count). The Bertz CT molecular complexity index is 565. The van der Waals surface area contributed by atoms with Gasteiger partial charge in [-0.2, -0.15) is 0 Å². The number of piperazine rings is 1. The predicted molar refractivity (Wildman–Crippen MR) is 90.4 cm³/mol. The summed E-state index contributed by atoms with van der Waals surface area (Å²) in [5.41, 5.74) is 0.980. The number of hydrogen-bond acceptors (Lipinski definition) is 5. The lowest BCUT2D eigenvalue weighted by atomic mass is 9.85. The van der Waals surface area contributed by atoms with Crippen LogP contribution in [0.1, 0.15) is 43.6 Å². The minimum absolute atomic E-state index is 0.0582. The van der Waals surface area contributed by atoms with Crippen LogP contribution in [0.5, 0.6) is 0 Å². The summed E-state index contributed by atoms with van der Waals surface area (Å²) < 4.78 is 5.13. The third-order valence-corrected chi connectivity index (χ3v) is 5.91. The molecule has 1 saturated carbocycles. The fraction of sp³-hybridized carbons (Fsp3) is 0.778. The van der Waals surface area contributed by atoms with Crippen LogP contribution in [0, 0.1) is 12.8 Å². The summed E-state index contributed by atoms with van der Waals surface area (Å²) in [6.45, 7) is 6.20. The standard InChI is InChI=1S/C18H28N4O2/c1-13-10-15(20-24-13)12-21-6-8-22(9-7-21)18(23)17-11-14-4-2-3-5-16(14)19-17/h10,14,16-17,19H,2-9,11-12H2,1H3. The monoisotopic (exact) mass is 332 g/mol. The van der Waals surface area contributed by atoms with E-state index in [9.17, 15) is 4.79 Å². The Balaban J connectivity index is 1.27. The number of amides is 1. The van der Waals surface area contributed by atoms with E-state index in [1.165, 1.54) is 25.7 Å². The molecule has 1 aromatic heterocycles. The van der Waals surface area contributed by atoms with Gasteiger partial charge in [-0.05, 0) is 32.1 Å². The first-order valence-electron chi connectivity index (χ1n) is 9.38. The maximum absolute atomic E-state index is 12.8. The van der Waals surface area contributed by atoms with Crippen molar-refractivity contribution in [2.75, 3.05) is 26.2 Å². The lowest BCUT2D eigenvalue weighted by Crippen LogP contribution is -2.53. The normalized spacial score (nSPS) is 31.2. The van der Waals surface area contributed by atoms with Gasteiger partial charge in [-0.1, -0.05) is 18.0 Å². The number of carbonyl (C=O) groups is 1. The topological polar surface area (TPSA) is 61.6 Å². The molecule has 6 nitrogen and oxygen atoms in total. The zero-order valence-corrected chi connectivity index (χ0v) is 14.5. The molecule has 2 aliphatic heterocycles. The molecule has 1 aromatic rings. The van der Waals surface area contributed by atoms with E-state index in [1.807, 2.05) is 13.0 Å². The van der Waals surface area contributed by atoms with Crippen LogP contribution in [0.3, 0.4) is 0 Å². The van der Waals surface area contributed by atoms with Gasteiger partial charge in [0.2, 0.25) is 5.91 Å². The molecule has 1 N–H and O–H groups in total.